The van der Waals surface area contributed by atoms with Gasteiger partial charge in [-0.05, 0) is 43.3 Å². The number of hydrogen-bond donors (Lipinski definition) is 5. The van der Waals surface area contributed by atoms with Crippen molar-refractivity contribution in [3.63, 3.8) is 0 Å². The molecule has 0 saturated carbocycles. The lowest BCUT2D eigenvalue weighted by Crippen LogP contribution is -2.35. The van der Waals surface area contributed by atoms with Gasteiger partial charge in [0, 0.05) is 0 Å². The molecular weight excluding hydrogens is 1040 g/mol. The predicted octanol–water partition coefficient (Wildman–Crippen LogP) is 7.00. The number of urea groups is 1. The summed E-state index contributed by atoms with van der Waals surface area (Å²) < 4.78 is 139. The number of alkyl halides is 6. The lowest BCUT2D eigenvalue weighted by Gasteiger charge is -2.11. The van der Waals surface area contributed by atoms with E-state index in [0.717, 1.165) is 24.5 Å². The Hall–Kier alpha value is -6.27. The van der Waals surface area contributed by atoms with Gasteiger partial charge < -0.3 is 24.4 Å². The molecule has 0 bridgehead atoms. The van der Waals surface area contributed by atoms with Crippen LogP contribution in [0.2, 0.25) is 20.1 Å². The number of halogens is 10. The second-order valence-electron chi connectivity index (χ2n) is 11.8. The van der Waals surface area contributed by atoms with E-state index in [0.29, 0.717) is 10.7 Å². The highest BCUT2D eigenvalue weighted by molar-refractivity contribution is 7.92. The van der Waals surface area contributed by atoms with Crippen molar-refractivity contribution < 1.29 is 82.0 Å². The Morgan fingerprint density at radius 3 is 1.82 bits per heavy atom. The van der Waals surface area contributed by atoms with Crippen LogP contribution in [0.5, 0.6) is 17.5 Å². The van der Waals surface area contributed by atoms with Crippen LogP contribution in [0.25, 0.3) is 5.69 Å². The smallest absolute Gasteiger partial charge is 0.388 e. The zero-order chi connectivity index (χ0) is 50.0. The number of nitrogens with zero attached hydrogens (tertiary/aromatic N) is 5. The van der Waals surface area contributed by atoms with E-state index in [-0.39, 0.29) is 53.2 Å². The molecule has 0 radical (unpaired) electrons. The van der Waals surface area contributed by atoms with Gasteiger partial charge in [-0.3, -0.25) is 10.0 Å². The Balaban J connectivity index is 0.000000283. The van der Waals surface area contributed by atoms with Crippen molar-refractivity contribution in [2.75, 3.05) is 23.4 Å². The maximum atomic E-state index is 12.8. The number of sulfonamides is 2. The van der Waals surface area contributed by atoms with Gasteiger partial charge in [0.2, 0.25) is 27.7 Å². The highest BCUT2D eigenvalue weighted by Crippen LogP contribution is 2.34. The number of ether oxygens (including phenoxy) is 3. The average Bonchev–Trinajstić information content (AvgIpc) is 3.48. The van der Waals surface area contributed by atoms with Crippen molar-refractivity contribution in [3.8, 4) is 23.2 Å². The topological polar surface area (TPSA) is 289 Å². The third kappa shape index (κ3) is 14.9. The zero-order valence-corrected chi connectivity index (χ0v) is 37.3. The van der Waals surface area contributed by atoms with Gasteiger partial charge in [-0.1, -0.05) is 58.5 Å². The van der Waals surface area contributed by atoms with Gasteiger partial charge in [0.05, 0.1) is 56.5 Å². The Morgan fingerprint density at radius 2 is 1.35 bits per heavy atom. The summed E-state index contributed by atoms with van der Waals surface area (Å²) in [6.45, 7) is -8.66. The first kappa shape index (κ1) is 54.1. The summed E-state index contributed by atoms with van der Waals surface area (Å²) in [7, 11) is -7.03. The lowest BCUT2D eigenvalue weighted by molar-refractivity contribution is -0.0580. The summed E-state index contributed by atoms with van der Waals surface area (Å²) in [6.07, 6.45) is 0.902. The number of rotatable bonds is 14. The fourth-order valence-corrected chi connectivity index (χ4v) is 7.42. The van der Waals surface area contributed by atoms with E-state index in [1.807, 2.05) is 0 Å². The number of nitrogens with one attached hydrogen (secondary N) is 3. The predicted molar refractivity (Wildman–Crippen MR) is 220 cm³/mol. The van der Waals surface area contributed by atoms with Crippen molar-refractivity contribution in [3.05, 3.63) is 102 Å². The molecule has 0 saturated heterocycles. The molecule has 5 N–H and O–H groups in total. The zero-order valence-electron chi connectivity index (χ0n) is 32.6. The van der Waals surface area contributed by atoms with E-state index in [9.17, 15) is 62.4 Å². The van der Waals surface area contributed by atoms with Crippen LogP contribution < -0.4 is 34.7 Å². The molecule has 5 rings (SSSR count). The maximum Gasteiger partial charge on any atom is 0.388 e. The fraction of sp³-hybridized carbons (Fsp3) is 0.182. The highest BCUT2D eigenvalue weighted by atomic mass is 35.5. The average molecular weight is 1060 g/mol. The fourth-order valence-electron chi connectivity index (χ4n) is 4.71. The minimum Gasteiger partial charge on any atom is -0.494 e. The number of benzene rings is 3. The molecule has 0 aliphatic heterocycles. The number of carbonyl (C=O) groups is 3. The Kier molecular flexibility index (Phi) is 18.6. The highest BCUT2D eigenvalue weighted by Gasteiger charge is 2.26. The second kappa shape index (κ2) is 22.8. The quantitative estimate of drug-likeness (QED) is 0.0699. The largest absolute Gasteiger partial charge is 0.494 e. The number of methoxy groups -OCH3 is 1. The summed E-state index contributed by atoms with van der Waals surface area (Å²) in [5.74, 6) is -5.76. The molecule has 2 aromatic heterocycles. The molecule has 5 aromatic rings. The molecule has 2 heterocycles. The SMILES string of the molecule is COc1c(Cl)ccc(Cl)c1C(=O)O.Cc1nn(-c2cc(NS(C)(=O)=O)c(Cl)cc2Cl)c(=O)n1C(F)F.O=C(Nc1nc(OC(F)F)cc(OC(F)F)n1)NS(=O)(=O)c1ccccc1C(=O)O. The van der Waals surface area contributed by atoms with Gasteiger partial charge in [-0.25, -0.2) is 45.3 Å². The van der Waals surface area contributed by atoms with E-state index in [4.69, 9.17) is 61.4 Å². The second-order valence-corrected chi connectivity index (χ2v) is 16.8. The summed E-state index contributed by atoms with van der Waals surface area (Å²) in [5, 5.41) is 23.5. The number of anilines is 2. The number of aromatic carboxylic acids is 2. The standard InChI is InChI=1S/C14H10F4N4O7S.C11H10Cl2F2N4O3S.C8H6Cl2O3/c15-11(16)28-8-5-9(29-12(17)18)20-13(19-8)21-14(25)22-30(26,27)7-4-2-1-3-6(7)10(23)24;1-5-16-19(11(20)18(5)10(14)15)9-4-8(17-23(2,21)22)6(12)3-7(9)13;1-13-7-5(10)3-2-4(9)6(7)8(11)12/h1-5,11-12H,(H,23,24)(H2,19,20,21,22,25);3-4,10,17H,1-2H3;2-3H,1H3,(H,11,12). The molecule has 0 unspecified atom stereocenters. The van der Waals surface area contributed by atoms with Crippen LogP contribution in [0.4, 0.5) is 42.8 Å². The molecule has 0 aliphatic carbocycles. The van der Waals surface area contributed by atoms with E-state index in [1.165, 1.54) is 49.1 Å². The van der Waals surface area contributed by atoms with E-state index < -0.39 is 91.6 Å². The number of aromatic nitrogens is 5. The van der Waals surface area contributed by atoms with Gasteiger partial charge in [0.25, 0.3) is 10.0 Å². The first-order valence-electron chi connectivity index (χ1n) is 16.7. The number of carboxylic acid groups (broad SMARTS) is 2. The summed E-state index contributed by atoms with van der Waals surface area (Å²) >= 11 is 23.2. The van der Waals surface area contributed by atoms with Gasteiger partial charge in [0.1, 0.15) is 16.3 Å². The normalized spacial score (nSPS) is 11.2. The minimum absolute atomic E-state index is 0.0257. The molecule has 0 fully saturated rings. The number of carboxylic acids is 2. The van der Waals surface area contributed by atoms with Gasteiger partial charge >= 0.3 is 43.4 Å². The maximum absolute atomic E-state index is 12.8. The van der Waals surface area contributed by atoms with Gasteiger partial charge in [0.15, 0.2) is 5.75 Å². The molecule has 0 spiro atoms. The first-order chi connectivity index (χ1) is 30.6. The van der Waals surface area contributed by atoms with Crippen molar-refractivity contribution in [2.24, 2.45) is 0 Å². The Morgan fingerprint density at radius 1 is 0.788 bits per heavy atom. The molecule has 0 aliphatic rings. The van der Waals surface area contributed by atoms with Crippen LogP contribution in [0.3, 0.4) is 0 Å². The number of aryl methyl sites for hydroxylation is 1. The van der Waals surface area contributed by atoms with Crippen LogP contribution in [0, 0.1) is 6.92 Å². The van der Waals surface area contributed by atoms with Gasteiger partial charge in [-0.2, -0.15) is 41.0 Å². The van der Waals surface area contributed by atoms with Crippen LogP contribution in [0.15, 0.2) is 64.3 Å². The Labute approximate surface area is 385 Å². The molecule has 358 valence electrons. The molecule has 2 amide bonds. The van der Waals surface area contributed by atoms with Crippen LogP contribution in [-0.2, 0) is 20.0 Å². The summed E-state index contributed by atoms with van der Waals surface area (Å²) in [5.41, 5.74) is -2.03. The lowest BCUT2D eigenvalue weighted by atomic mass is 10.2. The monoisotopic (exact) mass is 1060 g/mol. The number of amides is 2. The molecule has 66 heavy (non-hydrogen) atoms. The van der Waals surface area contributed by atoms with E-state index in [2.05, 4.69) is 29.3 Å². The molecule has 0 atom stereocenters. The third-order valence-corrected chi connectivity index (χ3v) is 10.4. The molecule has 21 nitrogen and oxygen atoms in total. The third-order valence-electron chi connectivity index (χ3n) is 7.17. The summed E-state index contributed by atoms with van der Waals surface area (Å²) in [6, 6.07) is 8.43. The van der Waals surface area contributed by atoms with E-state index >= 15 is 0 Å². The first-order valence-corrected chi connectivity index (χ1v) is 21.6. The van der Waals surface area contributed by atoms with Crippen molar-refractivity contribution in [1.29, 1.82) is 0 Å². The van der Waals surface area contributed by atoms with Crippen LogP contribution in [0.1, 0.15) is 33.1 Å². The molecular formula is C33H26Cl4F6N8O13S2. The number of carbonyl (C=O) groups excluding carboxylic acids is 1. The minimum atomic E-state index is -4.71. The number of hydrogen-bond acceptors (Lipinski definition) is 14. The van der Waals surface area contributed by atoms with Crippen LogP contribution >= 0.6 is 46.4 Å². The van der Waals surface area contributed by atoms with Crippen LogP contribution in [-0.4, -0.2) is 95.9 Å². The van der Waals surface area contributed by atoms with Crippen molar-refractivity contribution >= 4 is 96.1 Å². The Bertz CT molecular complexity index is 2890. The van der Waals surface area contributed by atoms with Crippen molar-refractivity contribution in [1.82, 2.24) is 29.0 Å². The van der Waals surface area contributed by atoms with Crippen molar-refractivity contribution in [2.45, 2.75) is 31.6 Å². The summed E-state index contributed by atoms with van der Waals surface area (Å²) in [4.78, 5) is 51.6. The molecule has 3 aromatic carbocycles. The molecule has 33 heteroatoms. The van der Waals surface area contributed by atoms with Gasteiger partial charge in [-0.15, -0.1) is 5.10 Å². The van der Waals surface area contributed by atoms with E-state index in [1.54, 1.807) is 5.32 Å².